The van der Waals surface area contributed by atoms with E-state index in [0.717, 1.165) is 0 Å². The van der Waals surface area contributed by atoms with E-state index in [-0.39, 0.29) is 5.56 Å². The van der Waals surface area contributed by atoms with Crippen LogP contribution in [0.15, 0.2) is 22.7 Å². The molecule has 2 rings (SSSR count). The molecule has 18 heavy (non-hydrogen) atoms. The van der Waals surface area contributed by atoms with Gasteiger partial charge in [0.05, 0.1) is 7.11 Å². The van der Waals surface area contributed by atoms with Gasteiger partial charge in [-0.25, -0.2) is 0 Å². The molecule has 0 aliphatic carbocycles. The summed E-state index contributed by atoms with van der Waals surface area (Å²) in [6.45, 7) is 1.61. The SMILES string of the molecule is COc1ccc(Cl)cc1-c1noc(C)c1C(=O)Cl. The Balaban J connectivity index is 2.69. The minimum Gasteiger partial charge on any atom is -0.496 e. The molecule has 0 fully saturated rings. The Bertz CT molecular complexity index is 607. The van der Waals surface area contributed by atoms with E-state index >= 15 is 0 Å². The number of hydrogen-bond donors (Lipinski definition) is 0. The normalized spacial score (nSPS) is 10.4. The highest BCUT2D eigenvalue weighted by Crippen LogP contribution is 2.35. The number of nitrogens with zero attached hydrogens (tertiary/aromatic N) is 1. The van der Waals surface area contributed by atoms with Crippen LogP contribution >= 0.6 is 23.2 Å². The number of aromatic nitrogens is 1. The van der Waals surface area contributed by atoms with Gasteiger partial charge >= 0.3 is 0 Å². The van der Waals surface area contributed by atoms with Crippen LogP contribution in [0.1, 0.15) is 16.1 Å². The minimum atomic E-state index is -0.634. The predicted octanol–water partition coefficient (Wildman–Crippen LogP) is 3.69. The molecule has 0 unspecified atom stereocenters. The molecule has 0 amide bonds. The Labute approximate surface area is 113 Å². The highest BCUT2D eigenvalue weighted by atomic mass is 35.5. The third kappa shape index (κ3) is 2.21. The number of rotatable bonds is 3. The lowest BCUT2D eigenvalue weighted by Crippen LogP contribution is -1.95. The lowest BCUT2D eigenvalue weighted by Gasteiger charge is -2.06. The first-order valence-corrected chi connectivity index (χ1v) is 5.80. The van der Waals surface area contributed by atoms with E-state index in [2.05, 4.69) is 5.16 Å². The van der Waals surface area contributed by atoms with Crippen LogP contribution in [0.2, 0.25) is 5.02 Å². The van der Waals surface area contributed by atoms with Gasteiger partial charge in [-0.3, -0.25) is 4.79 Å². The van der Waals surface area contributed by atoms with Crippen molar-refractivity contribution < 1.29 is 14.1 Å². The van der Waals surface area contributed by atoms with E-state index in [9.17, 15) is 4.79 Å². The largest absolute Gasteiger partial charge is 0.496 e. The fourth-order valence-corrected chi connectivity index (χ4v) is 2.05. The summed E-state index contributed by atoms with van der Waals surface area (Å²) in [7, 11) is 1.52. The van der Waals surface area contributed by atoms with Crippen molar-refractivity contribution in [2.75, 3.05) is 7.11 Å². The monoisotopic (exact) mass is 285 g/mol. The molecule has 1 heterocycles. The van der Waals surface area contributed by atoms with Gasteiger partial charge in [0.25, 0.3) is 5.24 Å². The van der Waals surface area contributed by atoms with Gasteiger partial charge in [-0.05, 0) is 36.7 Å². The summed E-state index contributed by atoms with van der Waals surface area (Å²) in [5, 5.41) is 3.70. The number of benzene rings is 1. The lowest BCUT2D eigenvalue weighted by atomic mass is 10.1. The quantitative estimate of drug-likeness (QED) is 0.807. The van der Waals surface area contributed by atoms with Crippen LogP contribution in [0.5, 0.6) is 5.75 Å². The molecule has 6 heteroatoms. The van der Waals surface area contributed by atoms with Crippen molar-refractivity contribution >= 4 is 28.4 Å². The Hall–Kier alpha value is -1.52. The first kappa shape index (κ1) is 12.9. The summed E-state index contributed by atoms with van der Waals surface area (Å²) in [5.74, 6) is 0.888. The first-order valence-electron chi connectivity index (χ1n) is 5.04. The zero-order valence-electron chi connectivity index (χ0n) is 9.66. The van der Waals surface area contributed by atoms with Gasteiger partial charge in [0.1, 0.15) is 22.8 Å². The Morgan fingerprint density at radius 3 is 2.78 bits per heavy atom. The fourth-order valence-electron chi connectivity index (χ4n) is 1.65. The van der Waals surface area contributed by atoms with Crippen molar-refractivity contribution in [1.82, 2.24) is 5.16 Å². The maximum Gasteiger partial charge on any atom is 0.258 e. The molecule has 0 aliphatic heterocycles. The van der Waals surface area contributed by atoms with Crippen molar-refractivity contribution in [3.8, 4) is 17.0 Å². The number of carbonyl (C=O) groups excluding carboxylic acids is 1. The molecule has 0 spiro atoms. The molecule has 2 aromatic rings. The molecular weight excluding hydrogens is 277 g/mol. The van der Waals surface area contributed by atoms with E-state index in [4.69, 9.17) is 32.5 Å². The van der Waals surface area contributed by atoms with E-state index in [1.165, 1.54) is 7.11 Å². The molecule has 4 nitrogen and oxygen atoms in total. The molecule has 0 atom stereocenters. The molecular formula is C12H9Cl2NO3. The molecule has 0 aliphatic rings. The molecule has 0 radical (unpaired) electrons. The number of halogens is 2. The summed E-state index contributed by atoms with van der Waals surface area (Å²) in [4.78, 5) is 11.4. The predicted molar refractivity (Wildman–Crippen MR) is 68.4 cm³/mol. The van der Waals surface area contributed by atoms with Gasteiger partial charge in [-0.2, -0.15) is 0 Å². The summed E-state index contributed by atoms with van der Waals surface area (Å²) in [6.07, 6.45) is 0. The van der Waals surface area contributed by atoms with Crippen molar-refractivity contribution in [3.63, 3.8) is 0 Å². The van der Waals surface area contributed by atoms with E-state index in [0.29, 0.717) is 27.8 Å². The number of methoxy groups -OCH3 is 1. The second-order valence-electron chi connectivity index (χ2n) is 3.58. The van der Waals surface area contributed by atoms with Gasteiger partial charge in [-0.1, -0.05) is 16.8 Å². The zero-order valence-corrected chi connectivity index (χ0v) is 11.2. The van der Waals surface area contributed by atoms with Crippen molar-refractivity contribution in [2.45, 2.75) is 6.92 Å². The molecule has 94 valence electrons. The zero-order chi connectivity index (χ0) is 13.3. The minimum absolute atomic E-state index is 0.220. The van der Waals surface area contributed by atoms with Crippen LogP contribution in [-0.2, 0) is 0 Å². The highest BCUT2D eigenvalue weighted by Gasteiger charge is 2.22. The van der Waals surface area contributed by atoms with Gasteiger partial charge in [0.2, 0.25) is 0 Å². The topological polar surface area (TPSA) is 52.3 Å². The molecule has 0 saturated heterocycles. The van der Waals surface area contributed by atoms with E-state index in [1.54, 1.807) is 25.1 Å². The van der Waals surface area contributed by atoms with E-state index < -0.39 is 5.24 Å². The maximum absolute atomic E-state index is 11.4. The van der Waals surface area contributed by atoms with Gasteiger partial charge in [0.15, 0.2) is 0 Å². The maximum atomic E-state index is 11.4. The molecule has 0 saturated carbocycles. The molecule has 1 aromatic heterocycles. The fraction of sp³-hybridized carbons (Fsp3) is 0.167. The second-order valence-corrected chi connectivity index (χ2v) is 4.36. The number of aryl methyl sites for hydroxylation is 1. The standard InChI is InChI=1S/C12H9Cl2NO3/c1-6-10(12(14)16)11(15-18-6)8-5-7(13)3-4-9(8)17-2/h3-5H,1-2H3. The third-order valence-corrected chi connectivity index (χ3v) is 2.90. The number of hydrogen-bond acceptors (Lipinski definition) is 4. The Morgan fingerprint density at radius 2 is 2.17 bits per heavy atom. The number of carbonyl (C=O) groups is 1. The van der Waals surface area contributed by atoms with Crippen LogP contribution in [-0.4, -0.2) is 17.5 Å². The highest BCUT2D eigenvalue weighted by molar-refractivity contribution is 6.68. The van der Waals surface area contributed by atoms with Crippen LogP contribution in [0.3, 0.4) is 0 Å². The van der Waals surface area contributed by atoms with Crippen molar-refractivity contribution in [3.05, 3.63) is 34.5 Å². The van der Waals surface area contributed by atoms with Crippen molar-refractivity contribution in [1.29, 1.82) is 0 Å². The molecule has 1 aromatic carbocycles. The van der Waals surface area contributed by atoms with Crippen molar-refractivity contribution in [2.24, 2.45) is 0 Å². The van der Waals surface area contributed by atoms with Crippen LogP contribution < -0.4 is 4.74 Å². The average Bonchev–Trinajstić information content (AvgIpc) is 2.71. The Kier molecular flexibility index (Phi) is 3.59. The Morgan fingerprint density at radius 1 is 1.44 bits per heavy atom. The van der Waals surface area contributed by atoms with Crippen LogP contribution in [0.25, 0.3) is 11.3 Å². The number of ether oxygens (including phenoxy) is 1. The summed E-state index contributed by atoms with van der Waals surface area (Å²) >= 11 is 11.5. The lowest BCUT2D eigenvalue weighted by molar-refractivity contribution is 0.108. The van der Waals surface area contributed by atoms with Crippen LogP contribution in [0.4, 0.5) is 0 Å². The summed E-state index contributed by atoms with van der Waals surface area (Å²) < 4.78 is 10.2. The smallest absolute Gasteiger partial charge is 0.258 e. The molecule has 0 N–H and O–H groups in total. The second kappa shape index (κ2) is 5.00. The molecule has 0 bridgehead atoms. The van der Waals surface area contributed by atoms with Crippen LogP contribution in [0, 0.1) is 6.92 Å². The average molecular weight is 286 g/mol. The van der Waals surface area contributed by atoms with Gasteiger partial charge in [-0.15, -0.1) is 0 Å². The first-order chi connectivity index (χ1) is 8.54. The summed E-state index contributed by atoms with van der Waals surface area (Å²) in [6, 6.07) is 5.00. The third-order valence-electron chi connectivity index (χ3n) is 2.48. The van der Waals surface area contributed by atoms with Gasteiger partial charge < -0.3 is 9.26 Å². The summed E-state index contributed by atoms with van der Waals surface area (Å²) in [5.41, 5.74) is 1.11. The van der Waals surface area contributed by atoms with Gasteiger partial charge in [0, 0.05) is 10.6 Å². The van der Waals surface area contributed by atoms with E-state index in [1.807, 2.05) is 0 Å².